The zero-order chi connectivity index (χ0) is 44.6. The molecule has 1 saturated heterocycles. The maximum atomic E-state index is 13.8. The Morgan fingerprint density at radius 1 is 0.917 bits per heavy atom. The molecule has 3 rings (SSSR count). The van der Waals surface area contributed by atoms with E-state index in [4.69, 9.17) is 14.2 Å². The SMILES string of the molecule is CCC(C)C(C(CC(=O)N1CCCC1C(OC)C(C)C)OC)N(C)C(=O)CNC(=O)C1(NC(=O)OCc2ccc(NC(=O)CNC(=O)C(NC=O)C(C)C)cc2)CCCC1. The molecule has 1 aliphatic heterocycles. The number of methoxy groups -OCH3 is 2. The van der Waals surface area contributed by atoms with Crippen molar-refractivity contribution >= 4 is 47.7 Å². The Morgan fingerprint density at radius 3 is 2.15 bits per heavy atom. The van der Waals surface area contributed by atoms with Crippen molar-refractivity contribution in [2.24, 2.45) is 17.8 Å². The van der Waals surface area contributed by atoms with Crippen LogP contribution in [0.2, 0.25) is 0 Å². The number of benzene rings is 1. The number of likely N-dealkylation sites (N-methyl/N-ethyl adjacent to an activating group) is 1. The third-order valence-corrected chi connectivity index (χ3v) is 11.9. The summed E-state index contributed by atoms with van der Waals surface area (Å²) < 4.78 is 17.2. The van der Waals surface area contributed by atoms with E-state index >= 15 is 0 Å². The van der Waals surface area contributed by atoms with Gasteiger partial charge in [-0.2, -0.15) is 0 Å². The van der Waals surface area contributed by atoms with E-state index in [2.05, 4.69) is 40.4 Å². The van der Waals surface area contributed by atoms with Crippen molar-refractivity contribution in [2.45, 2.75) is 135 Å². The monoisotopic (exact) mass is 844 g/mol. The number of hydrogen-bond acceptors (Lipinski definition) is 10. The highest BCUT2D eigenvalue weighted by molar-refractivity contribution is 5.96. The van der Waals surface area contributed by atoms with E-state index in [1.165, 1.54) is 0 Å². The quantitative estimate of drug-likeness (QED) is 0.102. The van der Waals surface area contributed by atoms with E-state index in [0.29, 0.717) is 49.9 Å². The van der Waals surface area contributed by atoms with Crippen molar-refractivity contribution in [3.05, 3.63) is 29.8 Å². The van der Waals surface area contributed by atoms with Crippen molar-refractivity contribution in [3.8, 4) is 0 Å². The third-order valence-electron chi connectivity index (χ3n) is 11.9. The van der Waals surface area contributed by atoms with E-state index in [1.54, 1.807) is 64.3 Å². The smallest absolute Gasteiger partial charge is 0.408 e. The summed E-state index contributed by atoms with van der Waals surface area (Å²) in [5.74, 6) is -1.76. The molecule has 1 aliphatic carbocycles. The first-order chi connectivity index (χ1) is 28.5. The van der Waals surface area contributed by atoms with Gasteiger partial charge in [-0.3, -0.25) is 28.8 Å². The number of ether oxygens (including phenoxy) is 3. The van der Waals surface area contributed by atoms with Crippen molar-refractivity contribution in [1.29, 1.82) is 0 Å². The van der Waals surface area contributed by atoms with Crippen LogP contribution in [0, 0.1) is 17.8 Å². The second-order valence-corrected chi connectivity index (χ2v) is 16.7. The molecule has 17 heteroatoms. The largest absolute Gasteiger partial charge is 0.445 e. The molecule has 0 radical (unpaired) electrons. The Bertz CT molecular complexity index is 1600. The highest BCUT2D eigenvalue weighted by atomic mass is 16.5. The van der Waals surface area contributed by atoms with Gasteiger partial charge in [-0.05, 0) is 61.1 Å². The zero-order valence-electron chi connectivity index (χ0n) is 37.0. The van der Waals surface area contributed by atoms with Crippen LogP contribution in [-0.2, 0) is 49.6 Å². The van der Waals surface area contributed by atoms with E-state index in [-0.39, 0.29) is 67.8 Å². The molecule has 5 N–H and O–H groups in total. The van der Waals surface area contributed by atoms with Crippen LogP contribution in [0.4, 0.5) is 10.5 Å². The fourth-order valence-corrected chi connectivity index (χ4v) is 8.38. The van der Waals surface area contributed by atoms with Crippen LogP contribution in [-0.4, -0.2) is 129 Å². The summed E-state index contributed by atoms with van der Waals surface area (Å²) in [6, 6.07) is 5.33. The minimum Gasteiger partial charge on any atom is -0.445 e. The van der Waals surface area contributed by atoms with E-state index in [1.807, 2.05) is 18.7 Å². The molecule has 2 fully saturated rings. The van der Waals surface area contributed by atoms with Crippen molar-refractivity contribution in [3.63, 3.8) is 0 Å². The van der Waals surface area contributed by atoms with Gasteiger partial charge in [-0.15, -0.1) is 0 Å². The number of anilines is 1. The summed E-state index contributed by atoms with van der Waals surface area (Å²) in [5, 5.41) is 13.1. The predicted molar refractivity (Wildman–Crippen MR) is 225 cm³/mol. The Morgan fingerprint density at radius 2 is 1.58 bits per heavy atom. The molecule has 0 aromatic heterocycles. The molecule has 2 aliphatic rings. The molecule has 336 valence electrons. The Labute approximate surface area is 355 Å². The lowest BCUT2D eigenvalue weighted by molar-refractivity contribution is -0.144. The molecule has 0 bridgehead atoms. The summed E-state index contributed by atoms with van der Waals surface area (Å²) in [5.41, 5.74) is -0.176. The molecule has 6 atom stereocenters. The summed E-state index contributed by atoms with van der Waals surface area (Å²) in [7, 11) is 4.90. The van der Waals surface area contributed by atoms with Crippen LogP contribution in [0.25, 0.3) is 0 Å². The Balaban J connectivity index is 1.55. The van der Waals surface area contributed by atoms with Gasteiger partial charge >= 0.3 is 6.09 Å². The van der Waals surface area contributed by atoms with E-state index < -0.39 is 47.5 Å². The molecule has 60 heavy (non-hydrogen) atoms. The van der Waals surface area contributed by atoms with Gasteiger partial charge in [-0.25, -0.2) is 4.79 Å². The van der Waals surface area contributed by atoms with Gasteiger partial charge in [0.15, 0.2) is 0 Å². The van der Waals surface area contributed by atoms with Gasteiger partial charge in [0.05, 0.1) is 43.8 Å². The van der Waals surface area contributed by atoms with Gasteiger partial charge in [0.2, 0.25) is 35.9 Å². The number of carbonyl (C=O) groups excluding carboxylic acids is 7. The molecule has 1 heterocycles. The first kappa shape index (κ1) is 49.6. The van der Waals surface area contributed by atoms with Crippen LogP contribution < -0.4 is 26.6 Å². The molecule has 6 unspecified atom stereocenters. The Hall–Kier alpha value is -4.77. The fourth-order valence-electron chi connectivity index (χ4n) is 8.38. The number of likely N-dealkylation sites (tertiary alicyclic amines) is 1. The minimum atomic E-state index is -1.25. The van der Waals surface area contributed by atoms with E-state index in [0.717, 1.165) is 19.3 Å². The molecule has 1 aromatic rings. The number of alkyl carbamates (subject to hydrolysis) is 1. The van der Waals surface area contributed by atoms with E-state index in [9.17, 15) is 33.6 Å². The standard InChI is InChI=1S/C43H69N7O10/c1-10-29(6)38(33(58-8)22-35(53)50-21-13-14-32(50)39(59-9)28(4)5)49(7)36(54)24-45-41(56)43(19-11-12-20-43)48-42(57)60-25-30-15-17-31(18-16-30)47-34(52)23-44-40(55)37(27(2)3)46-26-51/h15-18,26-29,32-33,37-39H,10-14,19-25H2,1-9H3,(H,44,55)(H,45,56)(H,46,51)(H,47,52)(H,48,57). The normalized spacial score (nSPS) is 18.4. The molecule has 0 spiro atoms. The van der Waals surface area contributed by atoms with Crippen LogP contribution >= 0.6 is 0 Å². The number of amides is 7. The van der Waals surface area contributed by atoms with Crippen LogP contribution in [0.1, 0.15) is 98.5 Å². The average Bonchev–Trinajstić information content (AvgIpc) is 3.91. The van der Waals surface area contributed by atoms with Gasteiger partial charge in [-0.1, -0.05) is 72.9 Å². The lowest BCUT2D eigenvalue weighted by Crippen LogP contribution is -2.59. The summed E-state index contributed by atoms with van der Waals surface area (Å²) >= 11 is 0. The number of nitrogens with one attached hydrogen (secondary N) is 5. The highest BCUT2D eigenvalue weighted by Gasteiger charge is 2.44. The molecule has 7 amide bonds. The summed E-state index contributed by atoms with van der Waals surface area (Å²) in [6.07, 6.45) is 3.73. The third kappa shape index (κ3) is 13.6. The first-order valence-electron chi connectivity index (χ1n) is 21.2. The fraction of sp³-hybridized carbons (Fsp3) is 0.698. The van der Waals surface area contributed by atoms with Gasteiger partial charge in [0, 0.05) is 33.5 Å². The van der Waals surface area contributed by atoms with Crippen LogP contribution in [0.15, 0.2) is 24.3 Å². The first-order valence-corrected chi connectivity index (χ1v) is 21.2. The number of nitrogens with zero attached hydrogens (tertiary/aromatic N) is 2. The van der Waals surface area contributed by atoms with Crippen molar-refractivity contribution in [1.82, 2.24) is 31.1 Å². The van der Waals surface area contributed by atoms with Gasteiger partial charge < -0.3 is 50.6 Å². The topological polar surface area (TPSA) is 214 Å². The van der Waals surface area contributed by atoms with Crippen molar-refractivity contribution in [2.75, 3.05) is 46.2 Å². The minimum absolute atomic E-state index is 0.0210. The van der Waals surface area contributed by atoms with Gasteiger partial charge in [0.25, 0.3) is 0 Å². The lowest BCUT2D eigenvalue weighted by Gasteiger charge is -2.39. The van der Waals surface area contributed by atoms with Gasteiger partial charge in [0.1, 0.15) is 18.2 Å². The second-order valence-electron chi connectivity index (χ2n) is 16.7. The predicted octanol–water partition coefficient (Wildman–Crippen LogP) is 3.11. The maximum Gasteiger partial charge on any atom is 0.408 e. The average molecular weight is 844 g/mol. The maximum absolute atomic E-state index is 13.8. The molecule has 1 aromatic carbocycles. The molecule has 17 nitrogen and oxygen atoms in total. The Kier molecular flexibility index (Phi) is 19.7. The van der Waals surface area contributed by atoms with Crippen molar-refractivity contribution < 1.29 is 47.8 Å². The molecule has 1 saturated carbocycles. The summed E-state index contributed by atoms with van der Waals surface area (Å²) in [6.45, 7) is 11.7. The molecular weight excluding hydrogens is 775 g/mol. The number of carbonyl (C=O) groups is 7. The molecular formula is C43H69N7O10. The lowest BCUT2D eigenvalue weighted by atomic mass is 9.90. The second kappa shape index (κ2) is 23.9. The number of hydrogen-bond donors (Lipinski definition) is 5. The van der Waals surface area contributed by atoms with Crippen LogP contribution in [0.5, 0.6) is 0 Å². The zero-order valence-corrected chi connectivity index (χ0v) is 37.0. The number of rotatable bonds is 23. The van der Waals surface area contributed by atoms with Crippen LogP contribution in [0.3, 0.4) is 0 Å². The highest BCUT2D eigenvalue weighted by Crippen LogP contribution is 2.31. The summed E-state index contributed by atoms with van der Waals surface area (Å²) in [4.78, 5) is 93.2.